The number of nitrogens with zero attached hydrogens (tertiary/aromatic N) is 2. The molecule has 138 valence electrons. The Morgan fingerprint density at radius 2 is 1.84 bits per heavy atom. The zero-order chi connectivity index (χ0) is 18.2. The maximum absolute atomic E-state index is 12.4. The second-order valence-electron chi connectivity index (χ2n) is 6.40. The molecule has 2 rings (SSSR count). The van der Waals surface area contributed by atoms with Gasteiger partial charge in [0.15, 0.2) is 0 Å². The van der Waals surface area contributed by atoms with Gasteiger partial charge in [0.1, 0.15) is 5.75 Å². The Bertz CT molecular complexity index is 565. The SMILES string of the molecule is CCOC(=O)C1CCN(CC(=O)N(C)Cc2ccc(OC)cc2)CC1. The molecule has 25 heavy (non-hydrogen) atoms. The van der Waals surface area contributed by atoms with E-state index in [0.29, 0.717) is 19.7 Å². The zero-order valence-corrected chi connectivity index (χ0v) is 15.4. The number of hydrogen-bond acceptors (Lipinski definition) is 5. The largest absolute Gasteiger partial charge is 0.497 e. The van der Waals surface area contributed by atoms with Crippen LogP contribution in [0.4, 0.5) is 0 Å². The third kappa shape index (κ3) is 5.74. The number of piperidine rings is 1. The Morgan fingerprint density at radius 1 is 1.20 bits per heavy atom. The fourth-order valence-electron chi connectivity index (χ4n) is 2.99. The van der Waals surface area contributed by atoms with Gasteiger partial charge in [-0.15, -0.1) is 0 Å². The first-order valence-corrected chi connectivity index (χ1v) is 8.79. The highest BCUT2D eigenvalue weighted by molar-refractivity contribution is 5.78. The summed E-state index contributed by atoms with van der Waals surface area (Å²) in [5.41, 5.74) is 1.07. The van der Waals surface area contributed by atoms with Gasteiger partial charge in [-0.2, -0.15) is 0 Å². The van der Waals surface area contributed by atoms with E-state index >= 15 is 0 Å². The number of likely N-dealkylation sites (tertiary alicyclic amines) is 1. The van der Waals surface area contributed by atoms with E-state index in [1.807, 2.05) is 38.2 Å². The van der Waals surface area contributed by atoms with E-state index in [1.54, 1.807) is 12.0 Å². The van der Waals surface area contributed by atoms with Gasteiger partial charge in [-0.05, 0) is 50.6 Å². The minimum absolute atomic E-state index is 0.0247. The molecule has 0 atom stereocenters. The van der Waals surface area contributed by atoms with Crippen molar-refractivity contribution >= 4 is 11.9 Å². The molecular formula is C19H28N2O4. The minimum atomic E-state index is -0.106. The lowest BCUT2D eigenvalue weighted by Crippen LogP contribution is -2.43. The topological polar surface area (TPSA) is 59.1 Å². The van der Waals surface area contributed by atoms with E-state index < -0.39 is 0 Å². The smallest absolute Gasteiger partial charge is 0.309 e. The summed E-state index contributed by atoms with van der Waals surface area (Å²) < 4.78 is 10.2. The van der Waals surface area contributed by atoms with Crippen LogP contribution in [-0.4, -0.2) is 62.1 Å². The molecule has 0 radical (unpaired) electrons. The lowest BCUT2D eigenvalue weighted by molar-refractivity contribution is -0.149. The Hall–Kier alpha value is -2.08. The van der Waals surface area contributed by atoms with Gasteiger partial charge in [0.05, 0.1) is 26.2 Å². The molecule has 1 heterocycles. The molecule has 0 aliphatic carbocycles. The third-order valence-electron chi connectivity index (χ3n) is 4.57. The molecule has 1 saturated heterocycles. The molecule has 0 unspecified atom stereocenters. The van der Waals surface area contributed by atoms with E-state index in [-0.39, 0.29) is 17.8 Å². The average Bonchev–Trinajstić information content (AvgIpc) is 2.63. The fraction of sp³-hybridized carbons (Fsp3) is 0.579. The van der Waals surface area contributed by atoms with Gasteiger partial charge in [-0.25, -0.2) is 0 Å². The van der Waals surface area contributed by atoms with Gasteiger partial charge in [-0.3, -0.25) is 14.5 Å². The van der Waals surface area contributed by atoms with Crippen LogP contribution in [-0.2, 0) is 20.9 Å². The van der Waals surface area contributed by atoms with Crippen LogP contribution in [0, 0.1) is 5.92 Å². The van der Waals surface area contributed by atoms with Crippen LogP contribution in [0.25, 0.3) is 0 Å². The molecule has 6 nitrogen and oxygen atoms in total. The van der Waals surface area contributed by atoms with Gasteiger partial charge in [0.2, 0.25) is 5.91 Å². The molecule has 6 heteroatoms. The van der Waals surface area contributed by atoms with E-state index in [4.69, 9.17) is 9.47 Å². The van der Waals surface area contributed by atoms with Crippen LogP contribution >= 0.6 is 0 Å². The Morgan fingerprint density at radius 3 is 2.40 bits per heavy atom. The summed E-state index contributed by atoms with van der Waals surface area (Å²) in [4.78, 5) is 28.0. The summed E-state index contributed by atoms with van der Waals surface area (Å²) in [6.07, 6.45) is 1.52. The standard InChI is InChI=1S/C19H28N2O4/c1-4-25-19(23)16-9-11-21(12-10-16)14-18(22)20(2)13-15-5-7-17(24-3)8-6-15/h5-8,16H,4,9-14H2,1-3H3. The van der Waals surface area contributed by atoms with E-state index in [1.165, 1.54) is 0 Å². The van der Waals surface area contributed by atoms with Crippen molar-refractivity contribution in [3.63, 3.8) is 0 Å². The molecule has 0 bridgehead atoms. The molecule has 1 amide bonds. The molecule has 1 aromatic rings. The lowest BCUT2D eigenvalue weighted by atomic mass is 9.97. The summed E-state index contributed by atoms with van der Waals surface area (Å²) in [6.45, 7) is 4.72. The first-order valence-electron chi connectivity index (χ1n) is 8.79. The quantitative estimate of drug-likeness (QED) is 0.705. The van der Waals surface area contributed by atoms with Crippen LogP contribution in [0.1, 0.15) is 25.3 Å². The predicted octanol–water partition coefficient (Wildman–Crippen LogP) is 1.93. The van der Waals surface area contributed by atoms with E-state index in [9.17, 15) is 9.59 Å². The summed E-state index contributed by atoms with van der Waals surface area (Å²) in [7, 11) is 3.45. The highest BCUT2D eigenvalue weighted by atomic mass is 16.5. The number of hydrogen-bond donors (Lipinski definition) is 0. The molecule has 0 aromatic heterocycles. The molecule has 1 fully saturated rings. The van der Waals surface area contributed by atoms with Gasteiger partial charge < -0.3 is 14.4 Å². The molecular weight excluding hydrogens is 320 g/mol. The maximum Gasteiger partial charge on any atom is 0.309 e. The summed E-state index contributed by atoms with van der Waals surface area (Å²) in [5.74, 6) is 0.765. The van der Waals surface area contributed by atoms with Gasteiger partial charge in [-0.1, -0.05) is 12.1 Å². The van der Waals surface area contributed by atoms with Crippen molar-refractivity contribution in [3.05, 3.63) is 29.8 Å². The van der Waals surface area contributed by atoms with E-state index in [0.717, 1.165) is 37.2 Å². The van der Waals surface area contributed by atoms with Crippen molar-refractivity contribution in [1.82, 2.24) is 9.80 Å². The van der Waals surface area contributed by atoms with Crippen LogP contribution in [0.3, 0.4) is 0 Å². The number of rotatable bonds is 7. The number of amides is 1. The normalized spacial score (nSPS) is 15.6. The summed E-state index contributed by atoms with van der Waals surface area (Å²) in [5, 5.41) is 0. The third-order valence-corrected chi connectivity index (χ3v) is 4.57. The highest BCUT2D eigenvalue weighted by Gasteiger charge is 2.27. The maximum atomic E-state index is 12.4. The van der Waals surface area contributed by atoms with Crippen LogP contribution in [0.15, 0.2) is 24.3 Å². The molecule has 0 N–H and O–H groups in total. The lowest BCUT2D eigenvalue weighted by Gasteiger charge is -2.31. The molecule has 0 spiro atoms. The highest BCUT2D eigenvalue weighted by Crippen LogP contribution is 2.19. The molecule has 1 aromatic carbocycles. The van der Waals surface area contributed by atoms with Crippen molar-refractivity contribution in [1.29, 1.82) is 0 Å². The number of carbonyl (C=O) groups excluding carboxylic acids is 2. The Kier molecular flexibility index (Phi) is 7.25. The Balaban J connectivity index is 1.76. The van der Waals surface area contributed by atoms with Crippen molar-refractivity contribution < 1.29 is 19.1 Å². The first-order chi connectivity index (χ1) is 12.0. The molecule has 1 aliphatic heterocycles. The monoisotopic (exact) mass is 348 g/mol. The van der Waals surface area contributed by atoms with E-state index in [2.05, 4.69) is 4.90 Å². The summed E-state index contributed by atoms with van der Waals surface area (Å²) in [6, 6.07) is 7.72. The second kappa shape index (κ2) is 9.42. The van der Waals surface area contributed by atoms with Crippen molar-refractivity contribution in [2.75, 3.05) is 40.4 Å². The minimum Gasteiger partial charge on any atom is -0.497 e. The van der Waals surface area contributed by atoms with Crippen molar-refractivity contribution in [2.45, 2.75) is 26.3 Å². The van der Waals surface area contributed by atoms with Gasteiger partial charge in [0, 0.05) is 13.6 Å². The van der Waals surface area contributed by atoms with Crippen molar-refractivity contribution in [2.24, 2.45) is 5.92 Å². The number of ether oxygens (including phenoxy) is 2. The van der Waals surface area contributed by atoms with Crippen LogP contribution in [0.2, 0.25) is 0 Å². The zero-order valence-electron chi connectivity index (χ0n) is 15.4. The van der Waals surface area contributed by atoms with Crippen LogP contribution in [0.5, 0.6) is 5.75 Å². The number of carbonyl (C=O) groups is 2. The number of methoxy groups -OCH3 is 1. The number of benzene rings is 1. The average molecular weight is 348 g/mol. The number of likely N-dealkylation sites (N-methyl/N-ethyl adjacent to an activating group) is 1. The predicted molar refractivity (Wildman–Crippen MR) is 95.3 cm³/mol. The van der Waals surface area contributed by atoms with Crippen LogP contribution < -0.4 is 4.74 Å². The number of esters is 1. The molecule has 1 aliphatic rings. The first kappa shape index (κ1) is 19.2. The summed E-state index contributed by atoms with van der Waals surface area (Å²) >= 11 is 0. The fourth-order valence-corrected chi connectivity index (χ4v) is 2.99. The second-order valence-corrected chi connectivity index (χ2v) is 6.40. The van der Waals surface area contributed by atoms with Gasteiger partial charge in [0.25, 0.3) is 0 Å². The van der Waals surface area contributed by atoms with Crippen molar-refractivity contribution in [3.8, 4) is 5.75 Å². The molecule has 0 saturated carbocycles. The Labute approximate surface area is 149 Å². The van der Waals surface area contributed by atoms with Gasteiger partial charge >= 0.3 is 5.97 Å².